The fraction of sp³-hybridized carbons (Fsp3) is 0.545. The Hall–Kier alpha value is -0.910. The summed E-state index contributed by atoms with van der Waals surface area (Å²) >= 11 is 1.70. The third-order valence-corrected chi connectivity index (χ3v) is 3.36. The van der Waals surface area contributed by atoms with E-state index in [1.807, 2.05) is 37.2 Å². The molecule has 1 atom stereocenters. The van der Waals surface area contributed by atoms with Gasteiger partial charge in [-0.1, -0.05) is 19.9 Å². The molecule has 0 bridgehead atoms. The minimum atomic E-state index is -0.188. The fourth-order valence-electron chi connectivity index (χ4n) is 1.84. The normalized spacial score (nSPS) is 13.1. The van der Waals surface area contributed by atoms with Gasteiger partial charge in [0.15, 0.2) is 0 Å². The number of hydrazine groups is 1. The fourth-order valence-corrected chi connectivity index (χ4v) is 2.61. The molecule has 1 amide bonds. The zero-order valence-electron chi connectivity index (χ0n) is 9.93. The highest BCUT2D eigenvalue weighted by atomic mass is 32.1. The van der Waals surface area contributed by atoms with E-state index in [9.17, 15) is 4.79 Å². The first-order valence-corrected chi connectivity index (χ1v) is 6.17. The molecule has 0 aliphatic rings. The molecule has 0 saturated carbocycles. The van der Waals surface area contributed by atoms with Gasteiger partial charge in [0, 0.05) is 11.4 Å². The number of amides is 1. The lowest BCUT2D eigenvalue weighted by atomic mass is 10.0. The molecule has 1 heterocycles. The second-order valence-electron chi connectivity index (χ2n) is 4.19. The van der Waals surface area contributed by atoms with Crippen molar-refractivity contribution < 1.29 is 4.79 Å². The molecular weight excluding hydrogens is 222 g/mol. The molecule has 5 heteroatoms. The van der Waals surface area contributed by atoms with Gasteiger partial charge in [-0.15, -0.1) is 11.3 Å². The maximum atomic E-state index is 11.6. The number of nitrogens with one attached hydrogen (secondary N) is 1. The van der Waals surface area contributed by atoms with E-state index >= 15 is 0 Å². The van der Waals surface area contributed by atoms with Gasteiger partial charge >= 0.3 is 0 Å². The Kier molecular flexibility index (Phi) is 4.92. The highest BCUT2D eigenvalue weighted by Crippen LogP contribution is 2.16. The van der Waals surface area contributed by atoms with Gasteiger partial charge in [0.2, 0.25) is 0 Å². The minimum Gasteiger partial charge on any atom is -0.293 e. The predicted octanol–water partition coefficient (Wildman–Crippen LogP) is 1.19. The van der Waals surface area contributed by atoms with Crippen molar-refractivity contribution in [3.8, 4) is 0 Å². The van der Waals surface area contributed by atoms with Crippen LogP contribution in [0.1, 0.15) is 18.7 Å². The van der Waals surface area contributed by atoms with Crippen LogP contribution in [-0.2, 0) is 11.3 Å². The Morgan fingerprint density at radius 2 is 2.31 bits per heavy atom. The number of carbonyl (C=O) groups excluding carboxylic acids is 1. The van der Waals surface area contributed by atoms with Gasteiger partial charge in [0.05, 0.1) is 6.04 Å². The molecule has 1 aromatic heterocycles. The van der Waals surface area contributed by atoms with Crippen molar-refractivity contribution in [3.05, 3.63) is 22.4 Å². The standard InChI is InChI=1S/C11H19N3OS/c1-8(2)10(11(15)13-12)14(3)7-9-5-4-6-16-9/h4-6,8,10H,7,12H2,1-3H3,(H,13,15). The van der Waals surface area contributed by atoms with E-state index in [4.69, 9.17) is 5.84 Å². The Bertz CT molecular complexity index is 324. The van der Waals surface area contributed by atoms with Crippen LogP contribution in [0.3, 0.4) is 0 Å². The van der Waals surface area contributed by atoms with Crippen LogP contribution < -0.4 is 11.3 Å². The van der Waals surface area contributed by atoms with E-state index in [1.54, 1.807) is 11.3 Å². The van der Waals surface area contributed by atoms with Gasteiger partial charge in [0.25, 0.3) is 5.91 Å². The van der Waals surface area contributed by atoms with Crippen LogP contribution in [0.25, 0.3) is 0 Å². The number of likely N-dealkylation sites (N-methyl/N-ethyl adjacent to an activating group) is 1. The summed E-state index contributed by atoms with van der Waals surface area (Å²) in [6.07, 6.45) is 0. The van der Waals surface area contributed by atoms with Crippen molar-refractivity contribution in [2.45, 2.75) is 26.4 Å². The van der Waals surface area contributed by atoms with Crippen molar-refractivity contribution in [1.29, 1.82) is 0 Å². The molecular formula is C11H19N3OS. The number of rotatable bonds is 5. The van der Waals surface area contributed by atoms with Gasteiger partial charge in [-0.05, 0) is 24.4 Å². The van der Waals surface area contributed by atoms with E-state index in [0.29, 0.717) is 0 Å². The second-order valence-corrected chi connectivity index (χ2v) is 5.22. The molecule has 0 fully saturated rings. The smallest absolute Gasteiger partial charge is 0.251 e. The number of nitrogens with zero attached hydrogens (tertiary/aromatic N) is 1. The molecule has 90 valence electrons. The van der Waals surface area contributed by atoms with Crippen LogP contribution in [0.4, 0.5) is 0 Å². The van der Waals surface area contributed by atoms with Crippen molar-refractivity contribution in [2.24, 2.45) is 11.8 Å². The molecule has 3 N–H and O–H groups in total. The summed E-state index contributed by atoms with van der Waals surface area (Å²) < 4.78 is 0. The first-order chi connectivity index (χ1) is 7.56. The maximum Gasteiger partial charge on any atom is 0.251 e. The SMILES string of the molecule is CC(C)C(C(=O)NN)N(C)Cc1cccs1. The average Bonchev–Trinajstić information content (AvgIpc) is 2.69. The summed E-state index contributed by atoms with van der Waals surface area (Å²) in [5.74, 6) is 5.30. The van der Waals surface area contributed by atoms with Crippen LogP contribution in [0.2, 0.25) is 0 Å². The van der Waals surface area contributed by atoms with Crippen molar-refractivity contribution >= 4 is 17.2 Å². The summed E-state index contributed by atoms with van der Waals surface area (Å²) in [6.45, 7) is 4.81. The van der Waals surface area contributed by atoms with Gasteiger partial charge in [0.1, 0.15) is 0 Å². The molecule has 16 heavy (non-hydrogen) atoms. The third kappa shape index (κ3) is 3.30. The summed E-state index contributed by atoms with van der Waals surface area (Å²) in [7, 11) is 1.94. The highest BCUT2D eigenvalue weighted by molar-refractivity contribution is 7.09. The van der Waals surface area contributed by atoms with Crippen molar-refractivity contribution in [1.82, 2.24) is 10.3 Å². The van der Waals surface area contributed by atoms with E-state index in [-0.39, 0.29) is 17.9 Å². The van der Waals surface area contributed by atoms with Crippen molar-refractivity contribution in [3.63, 3.8) is 0 Å². The second kappa shape index (κ2) is 5.98. The van der Waals surface area contributed by atoms with E-state index < -0.39 is 0 Å². The lowest BCUT2D eigenvalue weighted by Crippen LogP contribution is -2.49. The summed E-state index contributed by atoms with van der Waals surface area (Å²) in [4.78, 5) is 14.9. The topological polar surface area (TPSA) is 58.4 Å². The molecule has 0 radical (unpaired) electrons. The Morgan fingerprint density at radius 1 is 1.62 bits per heavy atom. The molecule has 0 spiro atoms. The van der Waals surface area contributed by atoms with Crippen LogP contribution in [0.15, 0.2) is 17.5 Å². The summed E-state index contributed by atoms with van der Waals surface area (Å²) in [6, 6.07) is 3.90. The Morgan fingerprint density at radius 3 is 2.75 bits per heavy atom. The molecule has 4 nitrogen and oxygen atoms in total. The van der Waals surface area contributed by atoms with Gasteiger partial charge in [-0.2, -0.15) is 0 Å². The monoisotopic (exact) mass is 241 g/mol. The van der Waals surface area contributed by atoms with Gasteiger partial charge in [-0.3, -0.25) is 15.1 Å². The maximum absolute atomic E-state index is 11.6. The Labute approximate surface area is 100 Å². The van der Waals surface area contributed by atoms with Crippen LogP contribution in [-0.4, -0.2) is 23.9 Å². The number of carbonyl (C=O) groups is 1. The quantitative estimate of drug-likeness (QED) is 0.462. The molecule has 1 rings (SSSR count). The lowest BCUT2D eigenvalue weighted by Gasteiger charge is -2.28. The first-order valence-electron chi connectivity index (χ1n) is 5.29. The van der Waals surface area contributed by atoms with E-state index in [2.05, 4.69) is 11.5 Å². The molecule has 0 aliphatic carbocycles. The summed E-state index contributed by atoms with van der Waals surface area (Å²) in [5, 5.41) is 2.04. The third-order valence-electron chi connectivity index (χ3n) is 2.50. The number of hydrogen-bond acceptors (Lipinski definition) is 4. The molecule has 1 aromatic rings. The van der Waals surface area contributed by atoms with Crippen LogP contribution in [0.5, 0.6) is 0 Å². The Balaban J connectivity index is 2.68. The number of nitrogens with two attached hydrogens (primary N) is 1. The summed E-state index contributed by atoms with van der Waals surface area (Å²) in [5.41, 5.74) is 2.23. The van der Waals surface area contributed by atoms with Crippen LogP contribution >= 0.6 is 11.3 Å². The van der Waals surface area contributed by atoms with E-state index in [0.717, 1.165) is 6.54 Å². The molecule has 0 aliphatic heterocycles. The number of thiophene rings is 1. The molecule has 1 unspecified atom stereocenters. The first kappa shape index (κ1) is 13.2. The van der Waals surface area contributed by atoms with Gasteiger partial charge in [-0.25, -0.2) is 5.84 Å². The molecule has 0 aromatic carbocycles. The highest BCUT2D eigenvalue weighted by Gasteiger charge is 2.25. The zero-order chi connectivity index (χ0) is 12.1. The molecule has 0 saturated heterocycles. The van der Waals surface area contributed by atoms with Crippen molar-refractivity contribution in [2.75, 3.05) is 7.05 Å². The average molecular weight is 241 g/mol. The van der Waals surface area contributed by atoms with Gasteiger partial charge < -0.3 is 0 Å². The zero-order valence-corrected chi connectivity index (χ0v) is 10.8. The van der Waals surface area contributed by atoms with E-state index in [1.165, 1.54) is 4.88 Å². The predicted molar refractivity (Wildman–Crippen MR) is 66.7 cm³/mol. The van der Waals surface area contributed by atoms with Crippen LogP contribution in [0, 0.1) is 5.92 Å². The largest absolute Gasteiger partial charge is 0.293 e. The lowest BCUT2D eigenvalue weighted by molar-refractivity contribution is -0.127. The number of hydrogen-bond donors (Lipinski definition) is 2. The minimum absolute atomic E-state index is 0.131.